The maximum atomic E-state index is 13.0. The van der Waals surface area contributed by atoms with Crippen molar-refractivity contribution in [1.82, 2.24) is 20.1 Å². The number of amides is 1. The van der Waals surface area contributed by atoms with Gasteiger partial charge >= 0.3 is 12.1 Å². The van der Waals surface area contributed by atoms with E-state index in [0.29, 0.717) is 26.2 Å². The lowest BCUT2D eigenvalue weighted by Crippen LogP contribution is -2.40. The second-order valence-corrected chi connectivity index (χ2v) is 9.47. The smallest absolute Gasteiger partial charge is 0.416 e. The Morgan fingerprint density at radius 2 is 1.97 bits per heavy atom. The molecule has 1 atom stereocenters. The number of halogens is 3. The van der Waals surface area contributed by atoms with Gasteiger partial charge in [-0.15, -0.1) is 11.3 Å². The molecule has 0 aliphatic heterocycles. The molecule has 0 saturated carbocycles. The number of nitrogens with zero attached hydrogens (tertiary/aromatic N) is 3. The van der Waals surface area contributed by atoms with Crippen LogP contribution in [-0.2, 0) is 33.5 Å². The first-order valence-electron chi connectivity index (χ1n) is 10.5. The van der Waals surface area contributed by atoms with Gasteiger partial charge in [-0.1, -0.05) is 0 Å². The van der Waals surface area contributed by atoms with Crippen LogP contribution in [0.2, 0.25) is 0 Å². The van der Waals surface area contributed by atoms with Crippen molar-refractivity contribution in [1.29, 1.82) is 0 Å². The predicted molar refractivity (Wildman–Crippen MR) is 126 cm³/mol. The Bertz CT molecular complexity index is 1480. The third-order valence-corrected chi connectivity index (χ3v) is 6.83. The summed E-state index contributed by atoms with van der Waals surface area (Å²) < 4.78 is 45.6. The summed E-state index contributed by atoms with van der Waals surface area (Å²) in [6, 6.07) is 2.45. The van der Waals surface area contributed by atoms with Crippen LogP contribution in [0.3, 0.4) is 0 Å². The molecule has 1 amide bonds. The molecule has 0 bridgehead atoms. The van der Waals surface area contributed by atoms with Crippen LogP contribution < -0.4 is 10.9 Å². The minimum absolute atomic E-state index is 0.0703. The molecule has 8 nitrogen and oxygen atoms in total. The monoisotopic (exact) mass is 524 g/mol. The summed E-state index contributed by atoms with van der Waals surface area (Å²) in [5.74, 6) is -1.04. The van der Waals surface area contributed by atoms with Crippen LogP contribution in [0.5, 0.6) is 0 Å². The normalized spacial score (nSPS) is 12.7. The van der Waals surface area contributed by atoms with Crippen molar-refractivity contribution in [2.45, 2.75) is 39.0 Å². The van der Waals surface area contributed by atoms with Gasteiger partial charge < -0.3 is 10.1 Å². The van der Waals surface area contributed by atoms with E-state index in [4.69, 9.17) is 4.74 Å². The molecule has 13 heteroatoms. The minimum atomic E-state index is -4.49. The van der Waals surface area contributed by atoms with Gasteiger partial charge in [0.1, 0.15) is 11.0 Å². The number of fused-ring (bicyclic) bond motifs is 2. The molecule has 4 rings (SSSR count). The quantitative estimate of drug-likeness (QED) is 0.370. The molecule has 0 radical (unpaired) electrons. The van der Waals surface area contributed by atoms with Crippen molar-refractivity contribution in [3.63, 3.8) is 0 Å². The van der Waals surface area contributed by atoms with Crippen LogP contribution in [0.4, 0.5) is 13.2 Å². The highest BCUT2D eigenvalue weighted by Crippen LogP contribution is 2.33. The maximum Gasteiger partial charge on any atom is 0.416 e. The molecule has 4 aromatic rings. The average Bonchev–Trinajstić information content (AvgIpc) is 3.43. The van der Waals surface area contributed by atoms with Crippen molar-refractivity contribution in [3.8, 4) is 0 Å². The van der Waals surface area contributed by atoms with Gasteiger partial charge in [0, 0.05) is 16.1 Å². The van der Waals surface area contributed by atoms with Crippen LogP contribution >= 0.6 is 22.7 Å². The van der Waals surface area contributed by atoms with Crippen molar-refractivity contribution in [3.05, 3.63) is 55.6 Å². The molecule has 0 aliphatic carbocycles. The number of benzene rings is 1. The largest absolute Gasteiger partial charge is 0.464 e. The summed E-state index contributed by atoms with van der Waals surface area (Å²) in [7, 11) is 0. The first-order valence-corrected chi connectivity index (χ1v) is 12.2. The molecule has 1 N–H and O–H groups in total. The van der Waals surface area contributed by atoms with E-state index in [9.17, 15) is 27.6 Å². The topological polar surface area (TPSA) is 103 Å². The third-order valence-electron chi connectivity index (χ3n) is 5.07. The maximum absolute atomic E-state index is 13.0. The summed E-state index contributed by atoms with van der Waals surface area (Å²) in [5, 5.41) is 11.5. The number of alkyl halides is 3. The Kier molecular flexibility index (Phi) is 6.90. The highest BCUT2D eigenvalue weighted by molar-refractivity contribution is 7.18. The van der Waals surface area contributed by atoms with Gasteiger partial charge in [-0.2, -0.15) is 29.6 Å². The number of rotatable bonds is 7. The van der Waals surface area contributed by atoms with E-state index in [-0.39, 0.29) is 25.1 Å². The Labute approximate surface area is 204 Å². The fourth-order valence-corrected chi connectivity index (χ4v) is 5.19. The van der Waals surface area contributed by atoms with Gasteiger partial charge in [0.15, 0.2) is 0 Å². The summed E-state index contributed by atoms with van der Waals surface area (Å²) in [6.07, 6.45) is -4.67. The second-order valence-electron chi connectivity index (χ2n) is 7.61. The molecule has 0 saturated heterocycles. The van der Waals surface area contributed by atoms with Gasteiger partial charge in [0.05, 0.1) is 46.4 Å². The molecule has 0 fully saturated rings. The van der Waals surface area contributed by atoms with Crippen molar-refractivity contribution in [2.24, 2.45) is 0 Å². The molecular weight excluding hydrogens is 505 g/mol. The van der Waals surface area contributed by atoms with Crippen LogP contribution in [0, 0.1) is 0 Å². The molecule has 35 heavy (non-hydrogen) atoms. The summed E-state index contributed by atoms with van der Waals surface area (Å²) >= 11 is 2.43. The fourth-order valence-electron chi connectivity index (χ4n) is 3.43. The highest BCUT2D eigenvalue weighted by atomic mass is 32.1. The first-order chi connectivity index (χ1) is 16.6. The molecular formula is C22H19F3N4O4S2. The zero-order valence-corrected chi connectivity index (χ0v) is 20.1. The molecule has 0 spiro atoms. The number of ether oxygens (including phenoxy) is 1. The summed E-state index contributed by atoms with van der Waals surface area (Å²) in [6.45, 7) is 3.28. The number of carbonyl (C=O) groups is 2. The lowest BCUT2D eigenvalue weighted by atomic mass is 10.1. The van der Waals surface area contributed by atoms with Gasteiger partial charge in [-0.3, -0.25) is 9.59 Å². The second kappa shape index (κ2) is 9.74. The van der Waals surface area contributed by atoms with Crippen molar-refractivity contribution >= 4 is 55.5 Å². The van der Waals surface area contributed by atoms with Gasteiger partial charge in [0.2, 0.25) is 5.91 Å². The van der Waals surface area contributed by atoms with Crippen LogP contribution in [0.1, 0.15) is 30.1 Å². The Balaban J connectivity index is 1.62. The highest BCUT2D eigenvalue weighted by Gasteiger charge is 2.31. The average molecular weight is 525 g/mol. The van der Waals surface area contributed by atoms with Gasteiger partial charge in [-0.25, -0.2) is 14.5 Å². The van der Waals surface area contributed by atoms with Crippen LogP contribution in [-0.4, -0.2) is 39.3 Å². The van der Waals surface area contributed by atoms with Gasteiger partial charge in [0.25, 0.3) is 5.56 Å². The number of hydrogen-bond donors (Lipinski definition) is 1. The van der Waals surface area contributed by atoms with E-state index in [1.54, 1.807) is 17.7 Å². The standard InChI is InChI=1S/C22H19F3N4O4S2/c1-3-33-21(32)11(2)26-18(30)7-15-13-9-34-10-14(13)20(31)29(28-15)8-19-27-16-6-12(22(23,24)25)4-5-17(16)35-19/h4-6,9-11H,3,7-8H2,1-2H3,(H,26,30)/t11-/m0/s1. The molecule has 0 unspecified atom stereocenters. The van der Waals surface area contributed by atoms with E-state index in [2.05, 4.69) is 15.4 Å². The van der Waals surface area contributed by atoms with Gasteiger partial charge in [-0.05, 0) is 32.0 Å². The fraction of sp³-hybridized carbons (Fsp3) is 0.318. The third kappa shape index (κ3) is 5.35. The number of thiophene rings is 1. The van der Waals surface area contributed by atoms with E-state index in [0.717, 1.165) is 28.2 Å². The molecule has 3 aromatic heterocycles. The zero-order valence-electron chi connectivity index (χ0n) is 18.5. The lowest BCUT2D eigenvalue weighted by Gasteiger charge is -2.13. The SMILES string of the molecule is CCOC(=O)[C@H](C)NC(=O)Cc1nn(Cc2nc3cc(C(F)(F)F)ccc3s2)c(=O)c2cscc12. The van der Waals surface area contributed by atoms with E-state index in [1.165, 1.54) is 24.3 Å². The number of hydrogen-bond acceptors (Lipinski definition) is 8. The minimum Gasteiger partial charge on any atom is -0.464 e. The Hall–Kier alpha value is -3.32. The number of carbonyl (C=O) groups excluding carboxylic acids is 2. The van der Waals surface area contributed by atoms with E-state index < -0.39 is 35.2 Å². The first kappa shape index (κ1) is 24.8. The zero-order chi connectivity index (χ0) is 25.3. The van der Waals surface area contributed by atoms with E-state index >= 15 is 0 Å². The summed E-state index contributed by atoms with van der Waals surface area (Å²) in [4.78, 5) is 41.5. The van der Waals surface area contributed by atoms with E-state index in [1.807, 2.05) is 0 Å². The number of esters is 1. The van der Waals surface area contributed by atoms with Crippen molar-refractivity contribution < 1.29 is 27.5 Å². The molecule has 3 heterocycles. The number of aromatic nitrogens is 3. The number of nitrogens with one attached hydrogen (secondary N) is 1. The van der Waals surface area contributed by atoms with Crippen LogP contribution in [0.15, 0.2) is 33.8 Å². The Morgan fingerprint density at radius 1 is 1.23 bits per heavy atom. The molecule has 184 valence electrons. The van der Waals surface area contributed by atoms with Crippen molar-refractivity contribution in [2.75, 3.05) is 6.61 Å². The Morgan fingerprint density at radius 3 is 2.69 bits per heavy atom. The number of thiazole rings is 1. The molecule has 0 aliphatic rings. The molecule has 1 aromatic carbocycles. The predicted octanol–water partition coefficient (Wildman–Crippen LogP) is 3.75. The summed E-state index contributed by atoms with van der Waals surface area (Å²) in [5.41, 5.74) is -0.699. The van der Waals surface area contributed by atoms with Crippen LogP contribution in [0.25, 0.3) is 21.0 Å². The lowest BCUT2D eigenvalue weighted by molar-refractivity contribution is -0.146.